The van der Waals surface area contributed by atoms with Crippen LogP contribution in [0.3, 0.4) is 0 Å². The summed E-state index contributed by atoms with van der Waals surface area (Å²) in [6.45, 7) is 9.45. The van der Waals surface area contributed by atoms with Crippen LogP contribution in [0.4, 0.5) is 0 Å². The Balaban J connectivity index is 1.65. The summed E-state index contributed by atoms with van der Waals surface area (Å²) in [5.41, 5.74) is 1.43. The summed E-state index contributed by atoms with van der Waals surface area (Å²) in [6, 6.07) is 10.8. The van der Waals surface area contributed by atoms with E-state index in [1.165, 1.54) is 44.7 Å². The van der Waals surface area contributed by atoms with E-state index < -0.39 is 0 Å². The van der Waals surface area contributed by atoms with Crippen LogP contribution in [0.15, 0.2) is 30.3 Å². The standard InChI is InChI=1S/C17H27ClN2/c1-16(7-9-18)8-10-19-11-13-20(14-12-19)15-17-5-3-2-4-6-17/h2-6,16H,7-15H2,1H3. The zero-order valence-electron chi connectivity index (χ0n) is 12.6. The number of benzene rings is 1. The number of alkyl halides is 1. The summed E-state index contributed by atoms with van der Waals surface area (Å²) in [5.74, 6) is 1.56. The SMILES string of the molecule is CC(CCCl)CCN1CCN(Cc2ccccc2)CC1. The number of nitrogens with zero attached hydrogens (tertiary/aromatic N) is 2. The van der Waals surface area contributed by atoms with E-state index in [-0.39, 0.29) is 0 Å². The van der Waals surface area contributed by atoms with Crippen LogP contribution in [0.2, 0.25) is 0 Å². The first-order valence-corrected chi connectivity index (χ1v) is 8.36. The first kappa shape index (κ1) is 15.8. The molecule has 1 heterocycles. The topological polar surface area (TPSA) is 6.48 Å². The van der Waals surface area contributed by atoms with Crippen molar-refractivity contribution in [3.05, 3.63) is 35.9 Å². The van der Waals surface area contributed by atoms with Crippen LogP contribution >= 0.6 is 11.6 Å². The van der Waals surface area contributed by atoms with Gasteiger partial charge in [-0.3, -0.25) is 4.90 Å². The average Bonchev–Trinajstić information content (AvgIpc) is 2.48. The molecule has 2 rings (SSSR count). The third-order valence-electron chi connectivity index (χ3n) is 4.25. The molecule has 2 nitrogen and oxygen atoms in total. The van der Waals surface area contributed by atoms with Crippen molar-refractivity contribution in [3.63, 3.8) is 0 Å². The van der Waals surface area contributed by atoms with Gasteiger partial charge in [0.25, 0.3) is 0 Å². The number of rotatable bonds is 7. The number of halogens is 1. The summed E-state index contributed by atoms with van der Waals surface area (Å²) in [5, 5.41) is 0. The van der Waals surface area contributed by atoms with Gasteiger partial charge in [0.15, 0.2) is 0 Å². The van der Waals surface area contributed by atoms with Gasteiger partial charge in [0.1, 0.15) is 0 Å². The summed E-state index contributed by atoms with van der Waals surface area (Å²) in [7, 11) is 0. The van der Waals surface area contributed by atoms with Crippen LogP contribution in [0, 0.1) is 5.92 Å². The van der Waals surface area contributed by atoms with Crippen molar-refractivity contribution in [1.29, 1.82) is 0 Å². The van der Waals surface area contributed by atoms with Crippen molar-refractivity contribution in [1.82, 2.24) is 9.80 Å². The molecule has 1 atom stereocenters. The van der Waals surface area contributed by atoms with E-state index in [0.717, 1.165) is 24.8 Å². The van der Waals surface area contributed by atoms with Crippen molar-refractivity contribution in [2.24, 2.45) is 5.92 Å². The molecule has 3 heteroatoms. The molecule has 0 N–H and O–H groups in total. The molecular weight excluding hydrogens is 268 g/mol. The second-order valence-electron chi connectivity index (χ2n) is 5.97. The Morgan fingerprint density at radius 1 is 1.00 bits per heavy atom. The van der Waals surface area contributed by atoms with Gasteiger partial charge in [-0.2, -0.15) is 0 Å². The predicted octanol–water partition coefficient (Wildman–Crippen LogP) is 3.46. The Bertz CT molecular complexity index is 361. The van der Waals surface area contributed by atoms with Crippen molar-refractivity contribution < 1.29 is 0 Å². The van der Waals surface area contributed by atoms with Gasteiger partial charge >= 0.3 is 0 Å². The predicted molar refractivity (Wildman–Crippen MR) is 87.3 cm³/mol. The van der Waals surface area contributed by atoms with Gasteiger partial charge < -0.3 is 4.90 Å². The Labute approximate surface area is 128 Å². The Hall–Kier alpha value is -0.570. The molecule has 0 radical (unpaired) electrons. The monoisotopic (exact) mass is 294 g/mol. The van der Waals surface area contributed by atoms with Crippen LogP contribution < -0.4 is 0 Å². The molecule has 1 saturated heterocycles. The maximum absolute atomic E-state index is 5.79. The molecule has 1 aromatic rings. The van der Waals surface area contributed by atoms with Crippen LogP contribution in [0.25, 0.3) is 0 Å². The van der Waals surface area contributed by atoms with E-state index in [1.807, 2.05) is 0 Å². The lowest BCUT2D eigenvalue weighted by Gasteiger charge is -2.35. The van der Waals surface area contributed by atoms with Gasteiger partial charge in [0.2, 0.25) is 0 Å². The lowest BCUT2D eigenvalue weighted by Crippen LogP contribution is -2.46. The number of hydrogen-bond acceptors (Lipinski definition) is 2. The maximum Gasteiger partial charge on any atom is 0.0234 e. The Morgan fingerprint density at radius 2 is 1.65 bits per heavy atom. The molecule has 20 heavy (non-hydrogen) atoms. The van der Waals surface area contributed by atoms with E-state index in [9.17, 15) is 0 Å². The molecule has 0 saturated carbocycles. The fourth-order valence-electron chi connectivity index (χ4n) is 2.75. The van der Waals surface area contributed by atoms with E-state index in [0.29, 0.717) is 0 Å². The Kier molecular flexibility index (Phi) is 6.85. The van der Waals surface area contributed by atoms with Crippen molar-refractivity contribution in [2.75, 3.05) is 38.6 Å². The molecule has 0 bridgehead atoms. The largest absolute Gasteiger partial charge is 0.301 e. The van der Waals surface area contributed by atoms with Crippen LogP contribution in [-0.2, 0) is 6.54 Å². The average molecular weight is 295 g/mol. The van der Waals surface area contributed by atoms with Crippen molar-refractivity contribution >= 4 is 11.6 Å². The summed E-state index contributed by atoms with van der Waals surface area (Å²) < 4.78 is 0. The van der Waals surface area contributed by atoms with Gasteiger partial charge in [-0.1, -0.05) is 37.3 Å². The fraction of sp³-hybridized carbons (Fsp3) is 0.647. The summed E-state index contributed by atoms with van der Waals surface area (Å²) in [4.78, 5) is 5.17. The second kappa shape index (κ2) is 8.66. The number of piperazine rings is 1. The highest BCUT2D eigenvalue weighted by atomic mass is 35.5. The molecule has 1 aromatic carbocycles. The first-order valence-electron chi connectivity index (χ1n) is 7.82. The quantitative estimate of drug-likeness (QED) is 0.711. The Morgan fingerprint density at radius 3 is 2.30 bits per heavy atom. The molecular formula is C17H27ClN2. The minimum atomic E-state index is 0.759. The minimum absolute atomic E-state index is 0.759. The van der Waals surface area contributed by atoms with Gasteiger partial charge in [0.05, 0.1) is 0 Å². The van der Waals surface area contributed by atoms with Gasteiger partial charge in [-0.05, 0) is 30.9 Å². The third kappa shape index (κ3) is 5.43. The summed E-state index contributed by atoms with van der Waals surface area (Å²) >= 11 is 5.79. The zero-order valence-corrected chi connectivity index (χ0v) is 13.4. The molecule has 1 aliphatic heterocycles. The third-order valence-corrected chi connectivity index (χ3v) is 4.47. The van der Waals surface area contributed by atoms with Crippen LogP contribution in [0.1, 0.15) is 25.3 Å². The van der Waals surface area contributed by atoms with Gasteiger partial charge in [-0.15, -0.1) is 11.6 Å². The van der Waals surface area contributed by atoms with Gasteiger partial charge in [-0.25, -0.2) is 0 Å². The lowest BCUT2D eigenvalue weighted by molar-refractivity contribution is 0.122. The van der Waals surface area contributed by atoms with Crippen LogP contribution in [0.5, 0.6) is 0 Å². The van der Waals surface area contributed by atoms with Gasteiger partial charge in [0, 0.05) is 38.6 Å². The highest BCUT2D eigenvalue weighted by molar-refractivity contribution is 6.17. The first-order chi connectivity index (χ1) is 9.78. The van der Waals surface area contributed by atoms with E-state index >= 15 is 0 Å². The van der Waals surface area contributed by atoms with E-state index in [4.69, 9.17) is 11.6 Å². The lowest BCUT2D eigenvalue weighted by atomic mass is 10.0. The normalized spacial score (nSPS) is 19.1. The number of hydrogen-bond donors (Lipinski definition) is 0. The molecule has 1 unspecified atom stereocenters. The molecule has 0 aromatic heterocycles. The highest BCUT2D eigenvalue weighted by Gasteiger charge is 2.17. The van der Waals surface area contributed by atoms with E-state index in [2.05, 4.69) is 47.1 Å². The molecule has 0 aliphatic carbocycles. The van der Waals surface area contributed by atoms with Crippen molar-refractivity contribution in [3.8, 4) is 0 Å². The molecule has 1 fully saturated rings. The smallest absolute Gasteiger partial charge is 0.0234 e. The molecule has 1 aliphatic rings. The minimum Gasteiger partial charge on any atom is -0.301 e. The molecule has 0 amide bonds. The van der Waals surface area contributed by atoms with E-state index in [1.54, 1.807) is 0 Å². The van der Waals surface area contributed by atoms with Crippen LogP contribution in [-0.4, -0.2) is 48.4 Å². The van der Waals surface area contributed by atoms with Crippen molar-refractivity contribution in [2.45, 2.75) is 26.3 Å². The molecule has 0 spiro atoms. The fourth-order valence-corrected chi connectivity index (χ4v) is 3.12. The molecule has 112 valence electrons. The maximum atomic E-state index is 5.79. The summed E-state index contributed by atoms with van der Waals surface area (Å²) in [6.07, 6.45) is 2.43. The highest BCUT2D eigenvalue weighted by Crippen LogP contribution is 2.12. The zero-order chi connectivity index (χ0) is 14.2. The second-order valence-corrected chi connectivity index (χ2v) is 6.35.